The molecular formula is C19H16ClF6NO. The number of nitrogens with one attached hydrogen (secondary N) is 1. The molecule has 2 nitrogen and oxygen atoms in total. The van der Waals surface area contributed by atoms with Crippen molar-refractivity contribution in [1.82, 2.24) is 0 Å². The number of amides is 1. The minimum atomic E-state index is -5.67. The van der Waals surface area contributed by atoms with E-state index in [4.69, 9.17) is 11.6 Å². The lowest BCUT2D eigenvalue weighted by atomic mass is 9.82. The van der Waals surface area contributed by atoms with E-state index in [0.29, 0.717) is 19.9 Å². The Morgan fingerprint density at radius 1 is 1.00 bits per heavy atom. The summed E-state index contributed by atoms with van der Waals surface area (Å²) in [6.07, 6.45) is -5.67. The van der Waals surface area contributed by atoms with E-state index in [0.717, 1.165) is 5.56 Å². The summed E-state index contributed by atoms with van der Waals surface area (Å²) in [7, 11) is 0. The van der Waals surface area contributed by atoms with E-state index in [9.17, 15) is 31.1 Å². The van der Waals surface area contributed by atoms with E-state index in [1.807, 2.05) is 0 Å². The zero-order valence-electron chi connectivity index (χ0n) is 15.0. The van der Waals surface area contributed by atoms with Crippen LogP contribution < -0.4 is 5.32 Å². The van der Waals surface area contributed by atoms with Gasteiger partial charge in [0.1, 0.15) is 5.82 Å². The standard InChI is InChI=1S/C19H16ClF6NO/c1-10-4-6-11(7-5-10)16(28)27-15-13(20)8-12(9-14(15)21)18(23,17(2,3)22)19(24,25)26/h4-9H,1-3H3,(H,27,28). The number of benzene rings is 2. The molecule has 2 rings (SSSR count). The maximum absolute atomic E-state index is 14.8. The predicted octanol–water partition coefficient (Wildman–Crippen LogP) is 6.52. The van der Waals surface area contributed by atoms with Crippen LogP contribution in [0.25, 0.3) is 0 Å². The molecule has 28 heavy (non-hydrogen) atoms. The van der Waals surface area contributed by atoms with Crippen LogP contribution in [0.15, 0.2) is 36.4 Å². The summed E-state index contributed by atoms with van der Waals surface area (Å²) in [5, 5.41) is 1.42. The van der Waals surface area contributed by atoms with Gasteiger partial charge in [0.05, 0.1) is 10.7 Å². The zero-order valence-corrected chi connectivity index (χ0v) is 15.8. The molecule has 0 heterocycles. The highest BCUT2D eigenvalue weighted by molar-refractivity contribution is 6.34. The fraction of sp³-hybridized carbons (Fsp3) is 0.316. The van der Waals surface area contributed by atoms with Crippen molar-refractivity contribution in [3.63, 3.8) is 0 Å². The van der Waals surface area contributed by atoms with Gasteiger partial charge in [-0.25, -0.2) is 13.2 Å². The summed E-state index contributed by atoms with van der Waals surface area (Å²) in [6.45, 7) is 2.56. The molecule has 0 aromatic heterocycles. The van der Waals surface area contributed by atoms with Crippen LogP contribution in [0, 0.1) is 12.7 Å². The van der Waals surface area contributed by atoms with Crippen molar-refractivity contribution in [2.24, 2.45) is 0 Å². The minimum absolute atomic E-state index is 0.144. The van der Waals surface area contributed by atoms with Gasteiger partial charge in [0.2, 0.25) is 0 Å². The summed E-state index contributed by atoms with van der Waals surface area (Å²) in [5.41, 5.74) is -8.91. The van der Waals surface area contributed by atoms with Crippen LogP contribution in [0.4, 0.5) is 32.0 Å². The molecule has 0 bridgehead atoms. The number of aryl methyl sites for hydroxylation is 1. The fourth-order valence-electron chi connectivity index (χ4n) is 2.63. The Hall–Kier alpha value is -2.22. The molecular weight excluding hydrogens is 408 g/mol. The van der Waals surface area contributed by atoms with Crippen molar-refractivity contribution in [3.8, 4) is 0 Å². The number of carbonyl (C=O) groups is 1. The lowest BCUT2D eigenvalue weighted by molar-refractivity contribution is -0.274. The van der Waals surface area contributed by atoms with E-state index in [1.165, 1.54) is 12.1 Å². The molecule has 2 aromatic carbocycles. The number of carbonyl (C=O) groups excluding carboxylic acids is 1. The lowest BCUT2D eigenvalue weighted by Crippen LogP contribution is -2.51. The number of hydrogen-bond donors (Lipinski definition) is 1. The zero-order chi connectivity index (χ0) is 21.5. The normalized spacial score (nSPS) is 14.5. The van der Waals surface area contributed by atoms with Crippen LogP contribution in [0.5, 0.6) is 0 Å². The molecule has 9 heteroatoms. The van der Waals surface area contributed by atoms with Crippen molar-refractivity contribution in [1.29, 1.82) is 0 Å². The molecule has 0 fully saturated rings. The van der Waals surface area contributed by atoms with Crippen LogP contribution in [0.1, 0.15) is 35.3 Å². The van der Waals surface area contributed by atoms with Gasteiger partial charge in [0.15, 0.2) is 5.67 Å². The molecule has 1 amide bonds. The van der Waals surface area contributed by atoms with Crippen LogP contribution in [0.2, 0.25) is 5.02 Å². The molecule has 0 saturated carbocycles. The molecule has 0 aliphatic heterocycles. The van der Waals surface area contributed by atoms with Gasteiger partial charge in [-0.2, -0.15) is 13.2 Å². The highest BCUT2D eigenvalue weighted by Crippen LogP contribution is 2.52. The predicted molar refractivity (Wildman–Crippen MR) is 94.6 cm³/mol. The monoisotopic (exact) mass is 423 g/mol. The van der Waals surface area contributed by atoms with Crippen molar-refractivity contribution in [2.75, 3.05) is 5.32 Å². The largest absolute Gasteiger partial charge is 0.429 e. The maximum Gasteiger partial charge on any atom is 0.429 e. The molecule has 1 atom stereocenters. The number of anilines is 1. The average molecular weight is 424 g/mol. The highest BCUT2D eigenvalue weighted by Gasteiger charge is 2.67. The van der Waals surface area contributed by atoms with Crippen LogP contribution in [0.3, 0.4) is 0 Å². The van der Waals surface area contributed by atoms with Crippen molar-refractivity contribution < 1.29 is 31.1 Å². The number of hydrogen-bond acceptors (Lipinski definition) is 1. The lowest BCUT2D eigenvalue weighted by Gasteiger charge is -2.36. The first-order chi connectivity index (χ1) is 12.7. The summed E-state index contributed by atoms with van der Waals surface area (Å²) in [4.78, 5) is 12.2. The van der Waals surface area contributed by atoms with E-state index in [1.54, 1.807) is 19.1 Å². The number of halogens is 7. The Kier molecular flexibility index (Phi) is 5.76. The third-order valence-electron chi connectivity index (χ3n) is 4.20. The first-order valence-corrected chi connectivity index (χ1v) is 8.38. The maximum atomic E-state index is 14.8. The Labute approximate surface area is 162 Å². The van der Waals surface area contributed by atoms with Crippen LogP contribution in [-0.4, -0.2) is 17.8 Å². The van der Waals surface area contributed by atoms with Gasteiger partial charge in [-0.15, -0.1) is 0 Å². The summed E-state index contributed by atoms with van der Waals surface area (Å²) in [5.74, 6) is -2.21. The Balaban J connectivity index is 2.47. The van der Waals surface area contributed by atoms with Gasteiger partial charge in [-0.3, -0.25) is 4.79 Å². The Bertz CT molecular complexity index is 850. The second-order valence-corrected chi connectivity index (χ2v) is 7.17. The molecule has 152 valence electrons. The van der Waals surface area contributed by atoms with E-state index < -0.39 is 45.5 Å². The quantitative estimate of drug-likeness (QED) is 0.558. The number of rotatable bonds is 4. The second-order valence-electron chi connectivity index (χ2n) is 6.76. The van der Waals surface area contributed by atoms with Crippen molar-refractivity contribution in [2.45, 2.75) is 38.3 Å². The van der Waals surface area contributed by atoms with Gasteiger partial charge in [0.25, 0.3) is 11.6 Å². The van der Waals surface area contributed by atoms with E-state index in [2.05, 4.69) is 5.32 Å². The molecule has 1 unspecified atom stereocenters. The minimum Gasteiger partial charge on any atom is -0.318 e. The molecule has 2 aromatic rings. The summed E-state index contributed by atoms with van der Waals surface area (Å²) < 4.78 is 83.1. The van der Waals surface area contributed by atoms with Gasteiger partial charge >= 0.3 is 6.18 Å². The molecule has 0 aliphatic rings. The van der Waals surface area contributed by atoms with E-state index >= 15 is 0 Å². The van der Waals surface area contributed by atoms with Crippen LogP contribution in [-0.2, 0) is 5.67 Å². The average Bonchev–Trinajstić information content (AvgIpc) is 2.55. The molecule has 0 saturated heterocycles. The van der Waals surface area contributed by atoms with Crippen LogP contribution >= 0.6 is 11.6 Å². The van der Waals surface area contributed by atoms with Gasteiger partial charge in [-0.1, -0.05) is 29.3 Å². The Morgan fingerprint density at radius 3 is 1.96 bits per heavy atom. The third kappa shape index (κ3) is 3.97. The molecule has 0 radical (unpaired) electrons. The first-order valence-electron chi connectivity index (χ1n) is 8.00. The fourth-order valence-corrected chi connectivity index (χ4v) is 2.88. The highest BCUT2D eigenvalue weighted by atomic mass is 35.5. The molecule has 1 N–H and O–H groups in total. The topological polar surface area (TPSA) is 29.1 Å². The molecule has 0 spiro atoms. The second kappa shape index (κ2) is 7.31. The van der Waals surface area contributed by atoms with Crippen molar-refractivity contribution in [3.05, 3.63) is 63.9 Å². The third-order valence-corrected chi connectivity index (χ3v) is 4.50. The smallest absolute Gasteiger partial charge is 0.318 e. The van der Waals surface area contributed by atoms with Gasteiger partial charge < -0.3 is 5.32 Å². The number of alkyl halides is 5. The summed E-state index contributed by atoms with van der Waals surface area (Å²) in [6, 6.07) is 6.77. The summed E-state index contributed by atoms with van der Waals surface area (Å²) >= 11 is 5.79. The molecule has 0 aliphatic carbocycles. The Morgan fingerprint density at radius 2 is 1.54 bits per heavy atom. The first kappa shape index (κ1) is 22.1. The van der Waals surface area contributed by atoms with Gasteiger partial charge in [0, 0.05) is 11.1 Å². The van der Waals surface area contributed by atoms with Crippen molar-refractivity contribution >= 4 is 23.2 Å². The van der Waals surface area contributed by atoms with Gasteiger partial charge in [-0.05, 0) is 45.0 Å². The SMILES string of the molecule is Cc1ccc(C(=O)Nc2c(F)cc(C(F)(C(C)(C)F)C(F)(F)F)cc2Cl)cc1. The van der Waals surface area contributed by atoms with E-state index in [-0.39, 0.29) is 11.6 Å².